The Kier molecular flexibility index (Phi) is 20.7. The van der Waals surface area contributed by atoms with Crippen molar-refractivity contribution in [1.82, 2.24) is 0 Å². The minimum Gasteiger partial charge on any atom is -0.741 e. The largest absolute Gasteiger partial charge is 0.741 e. The molecule has 0 N–H and O–H groups in total. The Morgan fingerprint density at radius 1 is 0.750 bits per heavy atom. The molecule has 2 aliphatic carbocycles. The van der Waals surface area contributed by atoms with Gasteiger partial charge in [0.2, 0.25) is 0 Å². The van der Waals surface area contributed by atoms with Gasteiger partial charge in [-0.15, -0.1) is 0 Å². The summed E-state index contributed by atoms with van der Waals surface area (Å²) in [7, 11) is -2.71. The third-order valence-corrected chi connectivity index (χ3v) is 14.6. The number of rotatable bonds is 11. The predicted octanol–water partition coefficient (Wildman–Crippen LogP) is 12.6. The van der Waals surface area contributed by atoms with E-state index in [1.165, 1.54) is 97.3 Å². The van der Waals surface area contributed by atoms with Crippen LogP contribution in [0.2, 0.25) is 0 Å². The van der Waals surface area contributed by atoms with Gasteiger partial charge in [-0.25, -0.2) is 8.42 Å². The molecule has 0 heterocycles. The summed E-state index contributed by atoms with van der Waals surface area (Å²) in [6.07, 6.45) is 18.0. The molecule has 0 aliphatic heterocycles. The fraction of sp³-hybridized carbons (Fsp3) is 0.533. The van der Waals surface area contributed by atoms with Gasteiger partial charge in [0.05, 0.1) is 14.2 Å². The van der Waals surface area contributed by atoms with Crippen LogP contribution in [0, 0.1) is 19.1 Å². The summed E-state index contributed by atoms with van der Waals surface area (Å²) in [5.41, 5.74) is 4.20. The first-order valence-electron chi connectivity index (χ1n) is 19.5. The van der Waals surface area contributed by atoms with Crippen LogP contribution in [-0.4, -0.2) is 44.0 Å². The molecule has 0 radical (unpaired) electrons. The van der Waals surface area contributed by atoms with E-state index in [1.54, 1.807) is 6.42 Å². The molecule has 2 aliphatic rings. The van der Waals surface area contributed by atoms with Gasteiger partial charge in [-0.1, -0.05) is 118 Å². The maximum Gasteiger partial charge on any atom is 0.485 e. The fourth-order valence-electron chi connectivity index (χ4n) is 7.66. The fourth-order valence-corrected chi connectivity index (χ4v) is 11.7. The molecule has 2 saturated carbocycles. The van der Waals surface area contributed by atoms with Crippen LogP contribution in [0.5, 0.6) is 11.5 Å². The van der Waals surface area contributed by atoms with E-state index in [9.17, 15) is 13.2 Å². The summed E-state index contributed by atoms with van der Waals surface area (Å²) in [5.74, 6) is 3.50. The van der Waals surface area contributed by atoms with Crippen molar-refractivity contribution in [3.05, 3.63) is 95.9 Å². The maximum atomic E-state index is 10.7. The van der Waals surface area contributed by atoms with E-state index in [1.807, 2.05) is 44.6 Å². The maximum absolute atomic E-state index is 10.7. The van der Waals surface area contributed by atoms with E-state index in [2.05, 4.69) is 71.9 Å². The normalized spacial score (nSPS) is 15.4. The van der Waals surface area contributed by atoms with Crippen molar-refractivity contribution in [3.63, 3.8) is 0 Å². The Morgan fingerprint density at radius 3 is 1.54 bits per heavy atom. The summed E-state index contributed by atoms with van der Waals surface area (Å²) < 4.78 is 71.5. The third-order valence-electron chi connectivity index (χ3n) is 10.5. The van der Waals surface area contributed by atoms with E-state index in [-0.39, 0.29) is 28.3 Å². The molecular weight excluding hydrogens is 847 g/mol. The first kappa shape index (κ1) is 49.8. The zero-order chi connectivity index (χ0) is 40.9. The van der Waals surface area contributed by atoms with Crippen LogP contribution < -0.4 is 14.8 Å². The van der Waals surface area contributed by atoms with Crippen LogP contribution in [0.25, 0.3) is 11.1 Å². The zero-order valence-electron chi connectivity index (χ0n) is 34.2. The molecule has 0 bridgehead atoms. The van der Waals surface area contributed by atoms with Crippen LogP contribution >= 0.6 is 7.92 Å². The van der Waals surface area contributed by atoms with Gasteiger partial charge in [0.1, 0.15) is 11.5 Å². The number of hydrogen-bond acceptors (Lipinski definition) is 5. The van der Waals surface area contributed by atoms with E-state index < -0.39 is 15.6 Å². The average molecular weight is 907 g/mol. The van der Waals surface area contributed by atoms with Crippen LogP contribution in [0.3, 0.4) is 0 Å². The summed E-state index contributed by atoms with van der Waals surface area (Å²) in [6.45, 7) is 19.2. The van der Waals surface area contributed by atoms with Crippen molar-refractivity contribution in [2.45, 2.75) is 140 Å². The van der Waals surface area contributed by atoms with Gasteiger partial charge in [0.25, 0.3) is 0 Å². The van der Waals surface area contributed by atoms with Crippen molar-refractivity contribution >= 4 is 23.3 Å². The van der Waals surface area contributed by atoms with Gasteiger partial charge in [-0.05, 0) is 89.1 Å². The molecule has 11 heteroatoms. The van der Waals surface area contributed by atoms with Gasteiger partial charge >= 0.3 is 5.51 Å². The van der Waals surface area contributed by atoms with E-state index in [0.717, 1.165) is 28.4 Å². The number of ether oxygens (including phenoxy) is 2. The Morgan fingerprint density at radius 2 is 1.18 bits per heavy atom. The molecule has 2 fully saturated rings. The van der Waals surface area contributed by atoms with Gasteiger partial charge in [0.15, 0.2) is 10.1 Å². The van der Waals surface area contributed by atoms with E-state index >= 15 is 0 Å². The number of benzene rings is 3. The summed E-state index contributed by atoms with van der Waals surface area (Å²) >= 11 is 0. The molecule has 3 aromatic rings. The molecule has 0 amide bonds. The van der Waals surface area contributed by atoms with Gasteiger partial charge in [0, 0.05) is 31.3 Å². The van der Waals surface area contributed by atoms with E-state index in [4.69, 9.17) is 29.0 Å². The molecule has 316 valence electrons. The first-order chi connectivity index (χ1) is 26.0. The molecule has 56 heavy (non-hydrogen) atoms. The van der Waals surface area contributed by atoms with Crippen molar-refractivity contribution in [1.29, 1.82) is 0 Å². The van der Waals surface area contributed by atoms with Crippen molar-refractivity contribution in [2.75, 3.05) is 14.2 Å². The minimum absolute atomic E-state index is 0. The van der Waals surface area contributed by atoms with Crippen LogP contribution in [0.1, 0.15) is 146 Å². The number of alkyl halides is 3. The number of methoxy groups -OCH3 is 2. The SMILES string of the molecule is COc1ccc(OC)c(P(C2CCCCC2)C2CCCCC2)c1-c1c(C(C)C)cc(C(C)C)cc1C(C)C.O=S(=O)([O-])C(F)(F)F.[CH-]=[C-][CH-]c1ccccc1.[Pd]. The molecule has 0 unspecified atom stereocenters. The number of allylic oxidation sites excluding steroid dienone is 1. The second-order valence-corrected chi connectivity index (χ2v) is 19.4. The van der Waals surface area contributed by atoms with Gasteiger partial charge in [-0.3, -0.25) is 0 Å². The quantitative estimate of drug-likeness (QED) is 0.0630. The van der Waals surface area contributed by atoms with E-state index in [0.29, 0.717) is 17.8 Å². The first-order valence-corrected chi connectivity index (χ1v) is 22.4. The summed E-state index contributed by atoms with van der Waals surface area (Å²) in [5, 5.41) is 1.52. The smallest absolute Gasteiger partial charge is 0.485 e. The summed E-state index contributed by atoms with van der Waals surface area (Å²) in [4.78, 5) is 0. The number of hydrogen-bond donors (Lipinski definition) is 0. The van der Waals surface area contributed by atoms with Crippen molar-refractivity contribution in [2.24, 2.45) is 0 Å². The predicted molar refractivity (Wildman–Crippen MR) is 221 cm³/mol. The van der Waals surface area contributed by atoms with Crippen LogP contribution in [0.15, 0.2) is 54.6 Å². The Bertz CT molecular complexity index is 1700. The third kappa shape index (κ3) is 13.6. The molecule has 0 aromatic heterocycles. The molecule has 5 rings (SSSR count). The Balaban J connectivity index is 0.000000497. The Labute approximate surface area is 350 Å². The van der Waals surface area contributed by atoms with Crippen molar-refractivity contribution < 1.29 is 56.0 Å². The standard InChI is InChI=1S/C35H53O2P.C9H7.CHF3O3S.Pd/c1-23(2)26-21-29(24(3)4)33(30(22-26)25(5)6)34-31(36-7)19-20-32(37-8)35(34)38(27-15-11-9-12-16-27)28-17-13-10-14-18-28;1-2-6-9-7-4-3-5-8-9;2-1(3,4)8(5,6)7;/h19-25,27-28H,9-18H2,1-8H3;1,3-8H;(H,5,6,7);/q;-3;;/p-1. The number of halogens is 3. The monoisotopic (exact) mass is 906 g/mol. The minimum atomic E-state index is -6.09. The molecule has 3 aromatic carbocycles. The van der Waals surface area contributed by atoms with Gasteiger partial charge < -0.3 is 38.7 Å². The topological polar surface area (TPSA) is 75.7 Å². The summed E-state index contributed by atoms with van der Waals surface area (Å²) in [6, 6.07) is 19.2. The second kappa shape index (κ2) is 23.3. The van der Waals surface area contributed by atoms with Gasteiger partial charge in [-0.2, -0.15) is 25.3 Å². The second-order valence-electron chi connectivity index (χ2n) is 15.3. The average Bonchev–Trinajstić information content (AvgIpc) is 3.15. The molecule has 0 atom stereocenters. The molecule has 0 saturated heterocycles. The molecule has 5 nitrogen and oxygen atoms in total. The molecule has 0 spiro atoms. The molecular formula is C45H60F3O5PPdS-4. The van der Waals surface area contributed by atoms with Crippen LogP contribution in [0.4, 0.5) is 13.2 Å². The van der Waals surface area contributed by atoms with Crippen molar-refractivity contribution in [3.8, 4) is 22.6 Å². The van der Waals surface area contributed by atoms with Crippen LogP contribution in [-0.2, 0) is 30.5 Å². The zero-order valence-corrected chi connectivity index (χ0v) is 37.4. The Hall–Kier alpha value is -2.34.